The molecule has 0 aliphatic heterocycles. The minimum absolute atomic E-state index is 4.74. The van der Waals surface area contributed by atoms with Gasteiger partial charge in [-0.1, -0.05) is 0 Å². The molecule has 2 saturated carbocycles. The third-order valence-electron chi connectivity index (χ3n) is 3.81. The van der Waals surface area contributed by atoms with Crippen molar-refractivity contribution in [2.45, 2.75) is 47.1 Å². The predicted octanol–water partition coefficient (Wildman–Crippen LogP) is 4.74. The van der Waals surface area contributed by atoms with Crippen LogP contribution in [0, 0.1) is 5.92 Å². The van der Waals surface area contributed by atoms with Crippen LogP contribution in [0.15, 0.2) is 0 Å². The molecule has 0 aromatic carbocycles. The first-order valence-electron chi connectivity index (χ1n) is 5.33. The van der Waals surface area contributed by atoms with E-state index in [9.17, 15) is 65.9 Å². The van der Waals surface area contributed by atoms with Crippen LogP contribution in [0.3, 0.4) is 0 Å². The van der Waals surface area contributed by atoms with E-state index in [0.29, 0.717) is 0 Å². The zero-order valence-corrected chi connectivity index (χ0v) is 10.2. The summed E-state index contributed by atoms with van der Waals surface area (Å²) in [5.41, 5.74) is -7.46. The third-order valence-corrected chi connectivity index (χ3v) is 3.81. The van der Waals surface area contributed by atoms with Crippen molar-refractivity contribution in [2.24, 2.45) is 0 Å². The van der Waals surface area contributed by atoms with Gasteiger partial charge in [0.05, 0.1) is 0 Å². The highest BCUT2D eigenvalue weighted by Gasteiger charge is 3.02. The molecule has 2 aliphatic carbocycles. The van der Waals surface area contributed by atoms with Crippen molar-refractivity contribution in [1.82, 2.24) is 0 Å². The second-order valence-corrected chi connectivity index (χ2v) is 5.05. The van der Waals surface area contributed by atoms with Crippen LogP contribution in [0.4, 0.5) is 65.9 Å². The summed E-state index contributed by atoms with van der Waals surface area (Å²) in [4.78, 5) is 0. The molecule has 0 amide bonds. The fourth-order valence-corrected chi connectivity index (χ4v) is 2.42. The van der Waals surface area contributed by atoms with Crippen molar-refractivity contribution in [3.8, 4) is 0 Å². The maximum Gasteiger partial charge on any atom is 0.378 e. The molecule has 0 N–H and O–H groups in total. The van der Waals surface area contributed by atoms with E-state index in [1.165, 1.54) is 0 Å². The second-order valence-electron chi connectivity index (χ2n) is 5.05. The molecule has 142 valence electrons. The van der Waals surface area contributed by atoms with E-state index in [4.69, 9.17) is 0 Å². The van der Waals surface area contributed by atoms with Gasteiger partial charge in [-0.25, -0.2) is 17.6 Å². The van der Waals surface area contributed by atoms with Crippen LogP contribution in [-0.2, 0) is 0 Å². The molecule has 2 aliphatic rings. The Balaban J connectivity index is 2.83. The number of alkyl halides is 15. The topological polar surface area (TPSA) is 0 Å². The summed E-state index contributed by atoms with van der Waals surface area (Å²) < 4.78 is 194. The van der Waals surface area contributed by atoms with Crippen molar-refractivity contribution in [3.63, 3.8) is 0 Å². The predicted molar refractivity (Wildman–Crippen MR) is 41.7 cm³/mol. The van der Waals surface area contributed by atoms with Crippen molar-refractivity contribution in [2.75, 3.05) is 0 Å². The first-order chi connectivity index (χ1) is 10.1. The molecule has 2 rings (SSSR count). The van der Waals surface area contributed by atoms with Crippen LogP contribution in [0.25, 0.3) is 0 Å². The number of hydrogen-bond acceptors (Lipinski definition) is 0. The first-order valence-corrected chi connectivity index (χ1v) is 5.33. The number of halogens is 15. The van der Waals surface area contributed by atoms with Gasteiger partial charge < -0.3 is 0 Å². The second kappa shape index (κ2) is 3.86. The van der Waals surface area contributed by atoms with E-state index in [1.807, 2.05) is 0 Å². The van der Waals surface area contributed by atoms with Crippen molar-refractivity contribution in [3.05, 3.63) is 5.92 Å². The molecule has 0 bridgehead atoms. The van der Waals surface area contributed by atoms with E-state index in [2.05, 4.69) is 0 Å². The van der Waals surface area contributed by atoms with Crippen LogP contribution < -0.4 is 0 Å². The molecular formula is C9F15-. The van der Waals surface area contributed by atoms with Crippen LogP contribution in [0.2, 0.25) is 0 Å². The Morgan fingerprint density at radius 3 is 0.833 bits per heavy atom. The highest BCUT2D eigenvalue weighted by atomic mass is 19.4. The van der Waals surface area contributed by atoms with E-state index >= 15 is 0 Å². The van der Waals surface area contributed by atoms with Crippen molar-refractivity contribution >= 4 is 0 Å². The largest absolute Gasteiger partial charge is 0.378 e. The molecule has 0 aromatic rings. The van der Waals surface area contributed by atoms with Gasteiger partial charge in [-0.2, -0.15) is 43.9 Å². The lowest BCUT2D eigenvalue weighted by Gasteiger charge is -2.66. The van der Waals surface area contributed by atoms with Gasteiger partial charge in [-0.3, -0.25) is 4.39 Å². The summed E-state index contributed by atoms with van der Waals surface area (Å²) in [6, 6.07) is 0. The van der Waals surface area contributed by atoms with Crippen molar-refractivity contribution < 1.29 is 65.9 Å². The molecule has 0 aromatic heterocycles. The summed E-state index contributed by atoms with van der Waals surface area (Å²) in [6.07, 6.45) is 0. The SMILES string of the molecule is FC1(F)[C-](C2(F)C(F)(F)C(F)(F)C(F)(F)C2(F)F)C(F)(F)C1(F)F. The summed E-state index contributed by atoms with van der Waals surface area (Å²) in [7, 11) is 0. The molecule has 0 nitrogen and oxygen atoms in total. The molecule has 0 unspecified atom stereocenters. The van der Waals surface area contributed by atoms with Crippen LogP contribution in [-0.4, -0.2) is 47.1 Å². The van der Waals surface area contributed by atoms with E-state index in [-0.39, 0.29) is 0 Å². The quantitative estimate of drug-likeness (QED) is 0.446. The number of rotatable bonds is 1. The highest BCUT2D eigenvalue weighted by molar-refractivity contribution is 5.49. The van der Waals surface area contributed by atoms with E-state index in [1.54, 1.807) is 0 Å². The van der Waals surface area contributed by atoms with Gasteiger partial charge in [-0.15, -0.1) is 5.92 Å². The summed E-state index contributed by atoms with van der Waals surface area (Å²) >= 11 is 0. The average molecular weight is 393 g/mol. The van der Waals surface area contributed by atoms with Crippen molar-refractivity contribution in [1.29, 1.82) is 0 Å². The molecule has 24 heavy (non-hydrogen) atoms. The van der Waals surface area contributed by atoms with Crippen LogP contribution in [0.1, 0.15) is 0 Å². The van der Waals surface area contributed by atoms with Crippen LogP contribution in [0.5, 0.6) is 0 Å². The number of hydrogen-bond donors (Lipinski definition) is 0. The molecule has 0 radical (unpaired) electrons. The Morgan fingerprint density at radius 1 is 0.333 bits per heavy atom. The standard InChI is InChI=1S/C9F15/c10-2(1-3(11,12)7(19,20)4(1,13)14)5(15,16)8(21,22)9(23,24)6(2,17)18/q-1. The molecule has 15 heteroatoms. The van der Waals surface area contributed by atoms with Gasteiger partial charge >= 0.3 is 29.6 Å². The fourth-order valence-electron chi connectivity index (χ4n) is 2.42. The average Bonchev–Trinajstić information content (AvgIpc) is 2.39. The van der Waals surface area contributed by atoms with Gasteiger partial charge in [0.25, 0.3) is 0 Å². The maximum absolute atomic E-state index is 13.8. The Morgan fingerprint density at radius 2 is 0.583 bits per heavy atom. The fraction of sp³-hybridized carbons (Fsp3) is 0.889. The first kappa shape index (κ1) is 19.3. The zero-order chi connectivity index (χ0) is 19.6. The Kier molecular flexibility index (Phi) is 3.10. The molecule has 2 fully saturated rings. The minimum Gasteiger partial charge on any atom is -0.265 e. The molecule has 0 spiro atoms. The summed E-state index contributed by atoms with van der Waals surface area (Å²) in [5.74, 6) is -55.1. The molecule has 0 heterocycles. The summed E-state index contributed by atoms with van der Waals surface area (Å²) in [6.45, 7) is 0. The Labute approximate surface area is 120 Å². The lowest BCUT2D eigenvalue weighted by atomic mass is 9.62. The Bertz CT molecular complexity index is 527. The molecule has 0 atom stereocenters. The molecular weight excluding hydrogens is 393 g/mol. The van der Waals surface area contributed by atoms with Crippen LogP contribution >= 0.6 is 0 Å². The van der Waals surface area contributed by atoms with Gasteiger partial charge in [0.15, 0.2) is 0 Å². The highest BCUT2D eigenvalue weighted by Crippen LogP contribution is 2.80. The smallest absolute Gasteiger partial charge is 0.265 e. The molecule has 0 saturated heterocycles. The van der Waals surface area contributed by atoms with E-state index in [0.717, 1.165) is 0 Å². The monoisotopic (exact) mass is 393 g/mol. The van der Waals surface area contributed by atoms with Gasteiger partial charge in [-0.05, 0) is 0 Å². The third kappa shape index (κ3) is 1.30. The van der Waals surface area contributed by atoms with Gasteiger partial charge in [0, 0.05) is 0 Å². The van der Waals surface area contributed by atoms with Gasteiger partial charge in [0.2, 0.25) is 11.8 Å². The lowest BCUT2D eigenvalue weighted by Crippen LogP contribution is -2.82. The summed E-state index contributed by atoms with van der Waals surface area (Å²) in [5, 5.41) is 0. The normalized spacial score (nSPS) is 36.1. The minimum atomic E-state index is -7.56. The van der Waals surface area contributed by atoms with E-state index < -0.39 is 53.0 Å². The van der Waals surface area contributed by atoms with Gasteiger partial charge in [0.1, 0.15) is 5.67 Å². The zero-order valence-electron chi connectivity index (χ0n) is 10.2. The Hall–Kier alpha value is -1.05. The lowest BCUT2D eigenvalue weighted by molar-refractivity contribution is -0.408. The maximum atomic E-state index is 13.8.